The van der Waals surface area contributed by atoms with Crippen LogP contribution in [-0.4, -0.2) is 17.9 Å². The van der Waals surface area contributed by atoms with E-state index in [9.17, 15) is 9.59 Å². The Balaban J connectivity index is 2.06. The SMILES string of the molecule is CN(C(=O)c1ccco1)c1nc2ccccc2c(=O)o1. The van der Waals surface area contributed by atoms with Crippen molar-refractivity contribution in [2.24, 2.45) is 0 Å². The van der Waals surface area contributed by atoms with Gasteiger partial charge in [0.25, 0.3) is 5.91 Å². The molecule has 1 amide bonds. The van der Waals surface area contributed by atoms with Crippen LogP contribution in [0.5, 0.6) is 0 Å². The van der Waals surface area contributed by atoms with Crippen LogP contribution < -0.4 is 10.5 Å². The smallest absolute Gasteiger partial charge is 0.348 e. The van der Waals surface area contributed by atoms with Crippen LogP contribution in [-0.2, 0) is 0 Å². The summed E-state index contributed by atoms with van der Waals surface area (Å²) >= 11 is 0. The quantitative estimate of drug-likeness (QED) is 0.712. The number of aromatic nitrogens is 1. The zero-order chi connectivity index (χ0) is 14.1. The molecule has 0 bridgehead atoms. The number of furan rings is 1. The van der Waals surface area contributed by atoms with Crippen molar-refractivity contribution in [2.45, 2.75) is 0 Å². The summed E-state index contributed by atoms with van der Waals surface area (Å²) in [5, 5.41) is 0.370. The second-order valence-corrected chi connectivity index (χ2v) is 4.14. The molecule has 6 nitrogen and oxygen atoms in total. The van der Waals surface area contributed by atoms with Crippen molar-refractivity contribution in [3.8, 4) is 0 Å². The summed E-state index contributed by atoms with van der Waals surface area (Å²) in [4.78, 5) is 29.2. The van der Waals surface area contributed by atoms with Gasteiger partial charge < -0.3 is 8.83 Å². The van der Waals surface area contributed by atoms with Gasteiger partial charge in [-0.25, -0.2) is 4.79 Å². The summed E-state index contributed by atoms with van der Waals surface area (Å²) in [7, 11) is 1.46. The van der Waals surface area contributed by atoms with Gasteiger partial charge in [0.05, 0.1) is 17.2 Å². The topological polar surface area (TPSA) is 76.6 Å². The van der Waals surface area contributed by atoms with Gasteiger partial charge >= 0.3 is 11.6 Å². The number of carbonyl (C=O) groups excluding carboxylic acids is 1. The van der Waals surface area contributed by atoms with Crippen LogP contribution in [0.15, 0.2) is 56.3 Å². The molecule has 0 radical (unpaired) electrons. The number of benzene rings is 1. The first-order valence-electron chi connectivity index (χ1n) is 5.88. The van der Waals surface area contributed by atoms with Gasteiger partial charge in [-0.1, -0.05) is 12.1 Å². The molecule has 6 heteroatoms. The Labute approximate surface area is 113 Å². The van der Waals surface area contributed by atoms with Crippen molar-refractivity contribution in [3.63, 3.8) is 0 Å². The molecule has 0 fully saturated rings. The van der Waals surface area contributed by atoms with Crippen molar-refractivity contribution in [2.75, 3.05) is 11.9 Å². The van der Waals surface area contributed by atoms with Crippen LogP contribution in [0.1, 0.15) is 10.6 Å². The molecule has 0 saturated carbocycles. The number of rotatable bonds is 2. The number of fused-ring (bicyclic) bond motifs is 1. The fourth-order valence-electron chi connectivity index (χ4n) is 1.80. The molecule has 0 aliphatic carbocycles. The Morgan fingerprint density at radius 2 is 2.00 bits per heavy atom. The zero-order valence-electron chi connectivity index (χ0n) is 10.6. The predicted octanol–water partition coefficient (Wildman–Crippen LogP) is 2.06. The van der Waals surface area contributed by atoms with E-state index in [2.05, 4.69) is 4.98 Å². The Morgan fingerprint density at radius 1 is 1.20 bits per heavy atom. The van der Waals surface area contributed by atoms with E-state index >= 15 is 0 Å². The van der Waals surface area contributed by atoms with Crippen LogP contribution in [0.4, 0.5) is 6.01 Å². The van der Waals surface area contributed by atoms with Gasteiger partial charge in [0.15, 0.2) is 5.76 Å². The normalized spacial score (nSPS) is 10.7. The molecule has 0 aliphatic rings. The second kappa shape index (κ2) is 4.65. The van der Waals surface area contributed by atoms with Gasteiger partial charge in [-0.2, -0.15) is 4.98 Å². The Hall–Kier alpha value is -2.89. The highest BCUT2D eigenvalue weighted by molar-refractivity contribution is 6.02. The van der Waals surface area contributed by atoms with Gasteiger partial charge in [0, 0.05) is 7.05 Å². The predicted molar refractivity (Wildman–Crippen MR) is 71.7 cm³/mol. The van der Waals surface area contributed by atoms with Crippen LogP contribution in [0.25, 0.3) is 10.9 Å². The van der Waals surface area contributed by atoms with Crippen molar-refractivity contribution in [1.82, 2.24) is 4.98 Å². The van der Waals surface area contributed by atoms with E-state index in [-0.39, 0.29) is 11.8 Å². The number of hydrogen-bond donors (Lipinski definition) is 0. The summed E-state index contributed by atoms with van der Waals surface area (Å²) in [6.45, 7) is 0. The molecule has 1 aromatic carbocycles. The van der Waals surface area contributed by atoms with E-state index in [4.69, 9.17) is 8.83 Å². The minimum absolute atomic E-state index is 0.0740. The molecule has 0 unspecified atom stereocenters. The average molecular weight is 270 g/mol. The van der Waals surface area contributed by atoms with Gasteiger partial charge in [-0.05, 0) is 24.3 Å². The maximum Gasteiger partial charge on any atom is 0.348 e. The first-order chi connectivity index (χ1) is 9.66. The van der Waals surface area contributed by atoms with Crippen molar-refractivity contribution >= 4 is 22.8 Å². The molecule has 0 saturated heterocycles. The lowest BCUT2D eigenvalue weighted by molar-refractivity contribution is 0.0960. The molecule has 2 heterocycles. The lowest BCUT2D eigenvalue weighted by atomic mass is 10.2. The number of carbonyl (C=O) groups is 1. The number of amides is 1. The van der Waals surface area contributed by atoms with E-state index in [0.29, 0.717) is 10.9 Å². The fourth-order valence-corrected chi connectivity index (χ4v) is 1.80. The number of hydrogen-bond acceptors (Lipinski definition) is 5. The number of nitrogens with zero attached hydrogens (tertiary/aromatic N) is 2. The summed E-state index contributed by atoms with van der Waals surface area (Å²) in [6, 6.07) is 9.83. The third-order valence-corrected chi connectivity index (χ3v) is 2.85. The lowest BCUT2D eigenvalue weighted by Gasteiger charge is -2.12. The van der Waals surface area contributed by atoms with E-state index in [0.717, 1.165) is 4.90 Å². The zero-order valence-corrected chi connectivity index (χ0v) is 10.6. The van der Waals surface area contributed by atoms with Gasteiger partial charge in [0.1, 0.15) is 0 Å². The lowest BCUT2D eigenvalue weighted by Crippen LogP contribution is -2.27. The monoisotopic (exact) mass is 270 g/mol. The largest absolute Gasteiger partial charge is 0.459 e. The van der Waals surface area contributed by atoms with E-state index in [1.807, 2.05) is 0 Å². The summed E-state index contributed by atoms with van der Waals surface area (Å²) in [6.07, 6.45) is 1.39. The van der Waals surface area contributed by atoms with Gasteiger partial charge in [-0.15, -0.1) is 0 Å². The molecule has 0 N–H and O–H groups in total. The molecule has 100 valence electrons. The number of anilines is 1. The molecule has 2 aromatic heterocycles. The molecule has 3 rings (SSSR count). The van der Waals surface area contributed by atoms with Gasteiger partial charge in [-0.3, -0.25) is 9.69 Å². The number of para-hydroxylation sites is 1. The third-order valence-electron chi connectivity index (χ3n) is 2.85. The Morgan fingerprint density at radius 3 is 2.75 bits per heavy atom. The average Bonchev–Trinajstić information content (AvgIpc) is 3.00. The molecule has 0 atom stereocenters. The summed E-state index contributed by atoms with van der Waals surface area (Å²) in [5.74, 6) is -0.300. The Bertz CT molecular complexity index is 821. The minimum atomic E-state index is -0.537. The molecule has 0 spiro atoms. The van der Waals surface area contributed by atoms with E-state index in [1.165, 1.54) is 19.4 Å². The van der Waals surface area contributed by atoms with Crippen LogP contribution >= 0.6 is 0 Å². The van der Waals surface area contributed by atoms with Crippen molar-refractivity contribution in [3.05, 3.63) is 58.8 Å². The van der Waals surface area contributed by atoms with E-state index < -0.39 is 11.5 Å². The first-order valence-corrected chi connectivity index (χ1v) is 5.88. The standard InChI is InChI=1S/C14H10N2O4/c1-16(12(17)11-7-4-8-19-11)14-15-10-6-3-2-5-9(10)13(18)20-14/h2-8H,1H3. The highest BCUT2D eigenvalue weighted by atomic mass is 16.4. The molecule has 20 heavy (non-hydrogen) atoms. The fraction of sp³-hybridized carbons (Fsp3) is 0.0714. The van der Waals surface area contributed by atoms with E-state index in [1.54, 1.807) is 30.3 Å². The highest BCUT2D eigenvalue weighted by Gasteiger charge is 2.20. The van der Waals surface area contributed by atoms with Crippen molar-refractivity contribution < 1.29 is 13.6 Å². The Kier molecular flexibility index (Phi) is 2.83. The first kappa shape index (κ1) is 12.2. The summed E-state index contributed by atoms with van der Waals surface area (Å²) in [5.41, 5.74) is -0.0671. The maximum absolute atomic E-state index is 12.1. The highest BCUT2D eigenvalue weighted by Crippen LogP contribution is 2.15. The van der Waals surface area contributed by atoms with Crippen LogP contribution in [0.2, 0.25) is 0 Å². The third kappa shape index (κ3) is 1.97. The second-order valence-electron chi connectivity index (χ2n) is 4.14. The van der Waals surface area contributed by atoms with Crippen LogP contribution in [0.3, 0.4) is 0 Å². The minimum Gasteiger partial charge on any atom is -0.459 e. The van der Waals surface area contributed by atoms with Crippen LogP contribution in [0, 0.1) is 0 Å². The van der Waals surface area contributed by atoms with Gasteiger partial charge in [0.2, 0.25) is 0 Å². The molecule has 3 aromatic rings. The maximum atomic E-state index is 12.1. The molecular weight excluding hydrogens is 260 g/mol. The summed E-state index contributed by atoms with van der Waals surface area (Å²) < 4.78 is 10.1. The molecule has 0 aliphatic heterocycles. The molecular formula is C14H10N2O4. The van der Waals surface area contributed by atoms with Crippen molar-refractivity contribution in [1.29, 1.82) is 0 Å².